The molecule has 2 nitrogen and oxygen atoms in total. The van der Waals surface area contributed by atoms with E-state index >= 15 is 0 Å². The van der Waals surface area contributed by atoms with Crippen LogP contribution in [0.25, 0.3) is 0 Å². The van der Waals surface area contributed by atoms with Crippen LogP contribution >= 0.6 is 0 Å². The van der Waals surface area contributed by atoms with Gasteiger partial charge in [0.15, 0.2) is 0 Å². The molecule has 0 spiro atoms. The van der Waals surface area contributed by atoms with Gasteiger partial charge in [0.25, 0.3) is 0 Å². The molecule has 2 heteroatoms. The maximum absolute atomic E-state index is 5.41. The molecular formula is C5H11NO. The Morgan fingerprint density at radius 1 is 1.43 bits per heavy atom. The first-order chi connectivity index (χ1) is 3.39. The summed E-state index contributed by atoms with van der Waals surface area (Å²) in [5.74, 6) is 0. The van der Waals surface area contributed by atoms with E-state index in [1.165, 1.54) is 12.8 Å². The van der Waals surface area contributed by atoms with E-state index in [-0.39, 0.29) is 6.23 Å². The highest BCUT2D eigenvalue weighted by molar-refractivity contribution is 4.54. The zero-order chi connectivity index (χ0) is 5.11. The van der Waals surface area contributed by atoms with Crippen LogP contribution in [0.4, 0.5) is 0 Å². The van der Waals surface area contributed by atoms with Gasteiger partial charge in [0.2, 0.25) is 0 Å². The van der Waals surface area contributed by atoms with E-state index in [9.17, 15) is 0 Å². The van der Waals surface area contributed by atoms with Gasteiger partial charge in [-0.15, -0.1) is 0 Å². The van der Waals surface area contributed by atoms with Crippen LogP contribution in [0.3, 0.4) is 0 Å². The topological polar surface area (TPSA) is 35.2 Å². The average Bonchev–Trinajstić information content (AvgIpc) is 1.69. The molecule has 0 aromatic carbocycles. The molecule has 0 aliphatic carbocycles. The van der Waals surface area contributed by atoms with Gasteiger partial charge < -0.3 is 10.5 Å². The molecule has 7 heavy (non-hydrogen) atoms. The minimum Gasteiger partial charge on any atom is -0.364 e. The molecule has 0 aromatic heterocycles. The molecule has 0 radical (unpaired) electrons. The van der Waals surface area contributed by atoms with Crippen molar-refractivity contribution in [2.75, 3.05) is 6.61 Å². The summed E-state index contributed by atoms with van der Waals surface area (Å²) in [6, 6.07) is 0. The number of hydrogen-bond donors (Lipinski definition) is 1. The lowest BCUT2D eigenvalue weighted by Crippen LogP contribution is -2.27. The standard InChI is InChI=1S/C5H11NO/c6-5-3-1-2-4-7-5/h5H,1-4,6H2. The maximum Gasteiger partial charge on any atom is 0.105 e. The van der Waals surface area contributed by atoms with E-state index in [1.54, 1.807) is 0 Å². The second-order valence-corrected chi connectivity index (χ2v) is 1.91. The van der Waals surface area contributed by atoms with Crippen molar-refractivity contribution in [3.8, 4) is 0 Å². The summed E-state index contributed by atoms with van der Waals surface area (Å²) in [5, 5.41) is 0. The summed E-state index contributed by atoms with van der Waals surface area (Å²) < 4.78 is 5.06. The van der Waals surface area contributed by atoms with Crippen molar-refractivity contribution >= 4 is 0 Å². The Bertz CT molecular complexity index is 50.0. The minimum absolute atomic E-state index is 0.0359. The van der Waals surface area contributed by atoms with Gasteiger partial charge in [-0.05, 0) is 19.3 Å². The Morgan fingerprint density at radius 3 is 2.57 bits per heavy atom. The van der Waals surface area contributed by atoms with Gasteiger partial charge >= 0.3 is 0 Å². The smallest absolute Gasteiger partial charge is 0.105 e. The van der Waals surface area contributed by atoms with E-state index in [2.05, 4.69) is 0 Å². The molecule has 42 valence electrons. The zero-order valence-corrected chi connectivity index (χ0v) is 4.39. The minimum atomic E-state index is 0.0359. The quantitative estimate of drug-likeness (QED) is 0.481. The molecule has 0 saturated carbocycles. The number of nitrogens with two attached hydrogens (primary N) is 1. The summed E-state index contributed by atoms with van der Waals surface area (Å²) in [4.78, 5) is 0. The van der Waals surface area contributed by atoms with Crippen LogP contribution < -0.4 is 5.73 Å². The van der Waals surface area contributed by atoms with Crippen LogP contribution in [0.2, 0.25) is 0 Å². The second kappa shape index (κ2) is 2.28. The van der Waals surface area contributed by atoms with Crippen molar-refractivity contribution in [3.63, 3.8) is 0 Å². The highest BCUT2D eigenvalue weighted by atomic mass is 16.5. The summed E-state index contributed by atoms with van der Waals surface area (Å²) in [6.45, 7) is 0.862. The molecule has 1 saturated heterocycles. The van der Waals surface area contributed by atoms with E-state index in [1.807, 2.05) is 0 Å². The fraction of sp³-hybridized carbons (Fsp3) is 1.00. The van der Waals surface area contributed by atoms with Crippen molar-refractivity contribution in [2.45, 2.75) is 25.5 Å². The SMILES string of the molecule is NC1CCCCO1. The third kappa shape index (κ3) is 1.45. The average molecular weight is 101 g/mol. The van der Waals surface area contributed by atoms with E-state index in [0.29, 0.717) is 0 Å². The summed E-state index contributed by atoms with van der Waals surface area (Å²) in [6.07, 6.45) is 3.50. The third-order valence-electron chi connectivity index (χ3n) is 1.21. The molecule has 1 atom stereocenters. The van der Waals surface area contributed by atoms with E-state index in [0.717, 1.165) is 13.0 Å². The summed E-state index contributed by atoms with van der Waals surface area (Å²) in [5.41, 5.74) is 5.41. The lowest BCUT2D eigenvalue weighted by Gasteiger charge is -2.17. The van der Waals surface area contributed by atoms with Gasteiger partial charge in [-0.2, -0.15) is 0 Å². The highest BCUT2D eigenvalue weighted by Crippen LogP contribution is 2.06. The Kier molecular flexibility index (Phi) is 1.65. The Morgan fingerprint density at radius 2 is 2.29 bits per heavy atom. The van der Waals surface area contributed by atoms with Crippen LogP contribution in [-0.2, 0) is 4.74 Å². The van der Waals surface area contributed by atoms with Gasteiger partial charge in [-0.3, -0.25) is 0 Å². The van der Waals surface area contributed by atoms with Crippen molar-refractivity contribution in [1.29, 1.82) is 0 Å². The lowest BCUT2D eigenvalue weighted by atomic mass is 10.2. The predicted molar refractivity (Wildman–Crippen MR) is 27.8 cm³/mol. The van der Waals surface area contributed by atoms with Gasteiger partial charge in [0.1, 0.15) is 6.23 Å². The second-order valence-electron chi connectivity index (χ2n) is 1.91. The van der Waals surface area contributed by atoms with Gasteiger partial charge in [0.05, 0.1) is 0 Å². The summed E-state index contributed by atoms with van der Waals surface area (Å²) in [7, 11) is 0. The molecule has 1 heterocycles. The Labute approximate surface area is 43.6 Å². The fourth-order valence-corrected chi connectivity index (χ4v) is 0.766. The Balaban J connectivity index is 2.12. The Hall–Kier alpha value is -0.0800. The lowest BCUT2D eigenvalue weighted by molar-refractivity contribution is 0.0206. The first kappa shape index (κ1) is 5.06. The third-order valence-corrected chi connectivity index (χ3v) is 1.21. The molecule has 0 bridgehead atoms. The fourth-order valence-electron chi connectivity index (χ4n) is 0.766. The molecule has 0 amide bonds. The molecule has 1 rings (SSSR count). The monoisotopic (exact) mass is 101 g/mol. The molecule has 1 aliphatic heterocycles. The number of ether oxygens (including phenoxy) is 1. The van der Waals surface area contributed by atoms with Crippen molar-refractivity contribution in [1.82, 2.24) is 0 Å². The van der Waals surface area contributed by atoms with Crippen LogP contribution in [0.5, 0.6) is 0 Å². The van der Waals surface area contributed by atoms with Gasteiger partial charge in [0, 0.05) is 6.61 Å². The maximum atomic E-state index is 5.41. The van der Waals surface area contributed by atoms with E-state index < -0.39 is 0 Å². The molecular weight excluding hydrogens is 90.1 g/mol. The van der Waals surface area contributed by atoms with Crippen molar-refractivity contribution < 1.29 is 4.74 Å². The summed E-state index contributed by atoms with van der Waals surface area (Å²) >= 11 is 0. The van der Waals surface area contributed by atoms with Crippen LogP contribution in [0.15, 0.2) is 0 Å². The first-order valence-corrected chi connectivity index (χ1v) is 2.77. The van der Waals surface area contributed by atoms with Gasteiger partial charge in [-0.25, -0.2) is 0 Å². The van der Waals surface area contributed by atoms with Crippen molar-refractivity contribution in [3.05, 3.63) is 0 Å². The normalized spacial score (nSPS) is 33.0. The molecule has 0 aromatic rings. The van der Waals surface area contributed by atoms with Crippen LogP contribution in [-0.4, -0.2) is 12.8 Å². The molecule has 1 unspecified atom stereocenters. The zero-order valence-electron chi connectivity index (χ0n) is 4.39. The van der Waals surface area contributed by atoms with Crippen LogP contribution in [0, 0.1) is 0 Å². The molecule has 2 N–H and O–H groups in total. The van der Waals surface area contributed by atoms with Gasteiger partial charge in [-0.1, -0.05) is 0 Å². The predicted octanol–water partition coefficient (Wildman–Crippen LogP) is 0.472. The molecule has 1 aliphatic rings. The number of rotatable bonds is 0. The highest BCUT2D eigenvalue weighted by Gasteiger charge is 2.06. The largest absolute Gasteiger partial charge is 0.364 e. The number of hydrogen-bond acceptors (Lipinski definition) is 2. The first-order valence-electron chi connectivity index (χ1n) is 2.77. The van der Waals surface area contributed by atoms with E-state index in [4.69, 9.17) is 10.5 Å². The van der Waals surface area contributed by atoms with Crippen LogP contribution in [0.1, 0.15) is 19.3 Å². The molecule has 1 fully saturated rings. The van der Waals surface area contributed by atoms with Crippen molar-refractivity contribution in [2.24, 2.45) is 5.73 Å².